The highest BCUT2D eigenvalue weighted by Crippen LogP contribution is 2.50. The van der Waals surface area contributed by atoms with E-state index in [2.05, 4.69) is 156 Å². The second kappa shape index (κ2) is 9.74. The number of rotatable bonds is 3. The molecule has 0 aliphatic heterocycles. The zero-order chi connectivity index (χ0) is 31.3. The maximum atomic E-state index is 5.10. The van der Waals surface area contributed by atoms with Crippen molar-refractivity contribution in [2.24, 2.45) is 0 Å². The molecule has 222 valence electrons. The van der Waals surface area contributed by atoms with E-state index in [1.165, 1.54) is 86.1 Å². The molecule has 1 aliphatic carbocycles. The summed E-state index contributed by atoms with van der Waals surface area (Å²) < 4.78 is 5.08. The molecule has 0 bridgehead atoms. The summed E-state index contributed by atoms with van der Waals surface area (Å²) >= 11 is 1.86. The Morgan fingerprint density at radius 3 is 2.10 bits per heavy atom. The van der Waals surface area contributed by atoms with Crippen molar-refractivity contribution >= 4 is 64.1 Å². The molecule has 48 heavy (non-hydrogen) atoms. The predicted octanol–water partition coefficient (Wildman–Crippen LogP) is 12.7. The van der Waals surface area contributed by atoms with Gasteiger partial charge < -0.3 is 4.57 Å². The van der Waals surface area contributed by atoms with Crippen LogP contribution in [0, 0.1) is 0 Å². The van der Waals surface area contributed by atoms with Gasteiger partial charge in [-0.1, -0.05) is 103 Å². The molecular weight excluding hydrogens is 601 g/mol. The van der Waals surface area contributed by atoms with Crippen LogP contribution < -0.4 is 0 Å². The smallest absolute Gasteiger partial charge is 0.0787 e. The lowest BCUT2D eigenvalue weighted by Gasteiger charge is -2.13. The first kappa shape index (κ1) is 26.1. The fraction of sp³-hybridized carbons (Fsp3) is 0. The number of thiophene rings is 1. The van der Waals surface area contributed by atoms with Crippen LogP contribution in [0.3, 0.4) is 0 Å². The van der Waals surface area contributed by atoms with Gasteiger partial charge in [-0.3, -0.25) is 4.98 Å². The Hall–Kier alpha value is -6.03. The van der Waals surface area contributed by atoms with Crippen LogP contribution >= 0.6 is 11.3 Å². The Labute approximate surface area is 280 Å². The normalized spacial score (nSPS) is 12.2. The number of para-hydroxylation sites is 1. The Morgan fingerprint density at radius 2 is 1.17 bits per heavy atom. The number of pyridine rings is 1. The Kier molecular flexibility index (Phi) is 5.29. The lowest BCUT2D eigenvalue weighted by molar-refractivity contribution is 1.18. The molecule has 7 aromatic carbocycles. The van der Waals surface area contributed by atoms with E-state index >= 15 is 0 Å². The van der Waals surface area contributed by atoms with Crippen LogP contribution in [0.25, 0.3) is 103 Å². The molecule has 0 saturated carbocycles. The van der Waals surface area contributed by atoms with Gasteiger partial charge >= 0.3 is 0 Å². The summed E-state index contributed by atoms with van der Waals surface area (Å²) in [6.07, 6.45) is 2.04. The van der Waals surface area contributed by atoms with Crippen molar-refractivity contribution in [3.05, 3.63) is 158 Å². The molecule has 3 heteroatoms. The number of fused-ring (bicyclic) bond motifs is 9. The molecule has 0 fully saturated rings. The minimum absolute atomic E-state index is 1.03. The van der Waals surface area contributed by atoms with Crippen molar-refractivity contribution in [2.75, 3.05) is 0 Å². The molecule has 0 amide bonds. The molecule has 3 aromatic heterocycles. The van der Waals surface area contributed by atoms with Gasteiger partial charge in [0.25, 0.3) is 0 Å². The molecule has 0 N–H and O–H groups in total. The standard InChI is InChI=1S/C45H26N2S/c1-2-15-36-32(12-1)35-16-8-10-30-26-46-45(44(36)43(30)35)29-9-7-11-31(23-29)47-39-17-5-3-13-33(39)37-24-27(19-21-40(37)47)28-20-22-42-38(25-28)34-14-4-6-18-41(34)48-42/h1-26H. The lowest BCUT2D eigenvalue weighted by atomic mass is 9.98. The lowest BCUT2D eigenvalue weighted by Crippen LogP contribution is -1.95. The molecule has 0 radical (unpaired) electrons. The van der Waals surface area contributed by atoms with Crippen molar-refractivity contribution in [2.45, 2.75) is 0 Å². The fourth-order valence-corrected chi connectivity index (χ4v) is 9.13. The molecule has 10 aromatic rings. The quantitative estimate of drug-likeness (QED) is 0.191. The first-order chi connectivity index (χ1) is 23.8. The summed E-state index contributed by atoms with van der Waals surface area (Å²) in [5, 5.41) is 7.65. The average Bonchev–Trinajstić information content (AvgIpc) is 3.80. The molecule has 2 nitrogen and oxygen atoms in total. The molecule has 3 heterocycles. The Bertz CT molecular complexity index is 2960. The van der Waals surface area contributed by atoms with Gasteiger partial charge in [-0.25, -0.2) is 0 Å². The SMILES string of the molecule is c1cc(-c2ncc3cccc4c3c2-c2ccccc2-4)cc(-n2c3ccccc3c3cc(-c4ccc5sc6ccccc6c5c4)ccc32)c1. The third-order valence-electron chi connectivity index (χ3n) is 10.2. The molecule has 0 saturated heterocycles. The minimum atomic E-state index is 1.03. The molecule has 1 aliphatic rings. The molecule has 0 atom stereocenters. The van der Waals surface area contributed by atoms with E-state index in [0.717, 1.165) is 16.9 Å². The maximum absolute atomic E-state index is 5.10. The fourth-order valence-electron chi connectivity index (χ4n) is 8.04. The third-order valence-corrected chi connectivity index (χ3v) is 11.3. The predicted molar refractivity (Wildman–Crippen MR) is 204 cm³/mol. The van der Waals surface area contributed by atoms with Gasteiger partial charge in [-0.05, 0) is 76.3 Å². The Balaban J connectivity index is 1.10. The van der Waals surface area contributed by atoms with Crippen LogP contribution in [-0.4, -0.2) is 9.55 Å². The summed E-state index contributed by atoms with van der Waals surface area (Å²) in [5.74, 6) is 0. The van der Waals surface area contributed by atoms with Crippen molar-refractivity contribution in [3.63, 3.8) is 0 Å². The zero-order valence-electron chi connectivity index (χ0n) is 25.8. The first-order valence-electron chi connectivity index (χ1n) is 16.4. The van der Waals surface area contributed by atoms with E-state index in [9.17, 15) is 0 Å². The van der Waals surface area contributed by atoms with Gasteiger partial charge in [-0.2, -0.15) is 0 Å². The van der Waals surface area contributed by atoms with Gasteiger partial charge in [-0.15, -0.1) is 11.3 Å². The van der Waals surface area contributed by atoms with E-state index < -0.39 is 0 Å². The van der Waals surface area contributed by atoms with Crippen LogP contribution in [0.4, 0.5) is 0 Å². The van der Waals surface area contributed by atoms with E-state index in [1.807, 2.05) is 17.5 Å². The summed E-state index contributed by atoms with van der Waals surface area (Å²) in [4.78, 5) is 5.10. The zero-order valence-corrected chi connectivity index (χ0v) is 26.6. The molecule has 0 spiro atoms. The number of nitrogens with zero attached hydrogens (tertiary/aromatic N) is 2. The molecule has 11 rings (SSSR count). The topological polar surface area (TPSA) is 17.8 Å². The van der Waals surface area contributed by atoms with Crippen LogP contribution in [0.5, 0.6) is 0 Å². The van der Waals surface area contributed by atoms with E-state index in [0.29, 0.717) is 0 Å². The number of hydrogen-bond donors (Lipinski definition) is 0. The van der Waals surface area contributed by atoms with E-state index in [4.69, 9.17) is 4.98 Å². The number of aromatic nitrogens is 2. The number of benzene rings is 7. The minimum Gasteiger partial charge on any atom is -0.309 e. The second-order valence-electron chi connectivity index (χ2n) is 12.7. The highest BCUT2D eigenvalue weighted by atomic mass is 32.1. The van der Waals surface area contributed by atoms with Gasteiger partial charge in [0.15, 0.2) is 0 Å². The van der Waals surface area contributed by atoms with Gasteiger partial charge in [0.1, 0.15) is 0 Å². The van der Waals surface area contributed by atoms with E-state index in [-0.39, 0.29) is 0 Å². The van der Waals surface area contributed by atoms with E-state index in [1.54, 1.807) is 0 Å². The highest BCUT2D eigenvalue weighted by Gasteiger charge is 2.25. The maximum Gasteiger partial charge on any atom is 0.0787 e. The van der Waals surface area contributed by atoms with Crippen LogP contribution in [0.2, 0.25) is 0 Å². The van der Waals surface area contributed by atoms with Crippen LogP contribution in [0.15, 0.2) is 158 Å². The van der Waals surface area contributed by atoms with Crippen molar-refractivity contribution < 1.29 is 0 Å². The summed E-state index contributed by atoms with van der Waals surface area (Å²) in [5.41, 5.74) is 13.2. The van der Waals surface area contributed by atoms with Crippen LogP contribution in [-0.2, 0) is 0 Å². The average molecular weight is 627 g/mol. The van der Waals surface area contributed by atoms with Crippen molar-refractivity contribution in [1.29, 1.82) is 0 Å². The van der Waals surface area contributed by atoms with Gasteiger partial charge in [0.05, 0.1) is 16.7 Å². The summed E-state index contributed by atoms with van der Waals surface area (Å²) in [7, 11) is 0. The van der Waals surface area contributed by atoms with Crippen LogP contribution in [0.1, 0.15) is 0 Å². The Morgan fingerprint density at radius 1 is 0.458 bits per heavy atom. The summed E-state index contributed by atoms with van der Waals surface area (Å²) in [6, 6.07) is 55.6. The summed E-state index contributed by atoms with van der Waals surface area (Å²) in [6.45, 7) is 0. The molecular formula is C45H26N2S. The highest BCUT2D eigenvalue weighted by molar-refractivity contribution is 7.25. The largest absolute Gasteiger partial charge is 0.309 e. The van der Waals surface area contributed by atoms with Gasteiger partial charge in [0, 0.05) is 64.7 Å². The van der Waals surface area contributed by atoms with Crippen molar-refractivity contribution in [3.8, 4) is 50.3 Å². The monoisotopic (exact) mass is 626 g/mol. The second-order valence-corrected chi connectivity index (χ2v) is 13.8. The molecule has 0 unspecified atom stereocenters. The van der Waals surface area contributed by atoms with Gasteiger partial charge in [0.2, 0.25) is 0 Å². The number of hydrogen-bond acceptors (Lipinski definition) is 2. The first-order valence-corrected chi connectivity index (χ1v) is 17.2. The third kappa shape index (κ3) is 3.59. The van der Waals surface area contributed by atoms with Crippen molar-refractivity contribution in [1.82, 2.24) is 9.55 Å².